The van der Waals surface area contributed by atoms with Crippen LogP contribution in [0.3, 0.4) is 0 Å². The lowest BCUT2D eigenvalue weighted by molar-refractivity contribution is -0.137. The van der Waals surface area contributed by atoms with Crippen LogP contribution in [0.15, 0.2) is 60.7 Å². The first-order valence-corrected chi connectivity index (χ1v) is 9.72. The van der Waals surface area contributed by atoms with Crippen LogP contribution in [0.5, 0.6) is 5.75 Å². The summed E-state index contributed by atoms with van der Waals surface area (Å²) in [6.07, 6.45) is -0.324. The third kappa shape index (κ3) is 5.09. The number of hydrogen-bond donors (Lipinski definition) is 2. The molecule has 8 heteroatoms. The lowest BCUT2D eigenvalue weighted by Crippen LogP contribution is -2.31. The smallest absolute Gasteiger partial charge is 0.305 e. The average Bonchev–Trinajstić information content (AvgIpc) is 2.73. The van der Waals surface area contributed by atoms with E-state index in [0.717, 1.165) is 5.56 Å². The first-order chi connectivity index (χ1) is 14.4. The number of nitrogens with zero attached hydrogens (tertiary/aromatic N) is 1. The summed E-state index contributed by atoms with van der Waals surface area (Å²) < 4.78 is 5.36. The monoisotopic (exact) mass is 444 g/mol. The maximum absolute atomic E-state index is 12.9. The second-order valence-electron chi connectivity index (χ2n) is 6.40. The number of carbonyl (C=O) groups excluding carboxylic acids is 1. The maximum Gasteiger partial charge on any atom is 0.305 e. The van der Waals surface area contributed by atoms with Gasteiger partial charge in [-0.05, 0) is 35.9 Å². The zero-order chi connectivity index (χ0) is 21.7. The second-order valence-corrected chi connectivity index (χ2v) is 7.24. The zero-order valence-electron chi connectivity index (χ0n) is 15.9. The van der Waals surface area contributed by atoms with Gasteiger partial charge in [0.1, 0.15) is 17.1 Å². The number of aliphatic carboxylic acids is 1. The predicted molar refractivity (Wildman–Crippen MR) is 115 cm³/mol. The van der Waals surface area contributed by atoms with Crippen molar-refractivity contribution < 1.29 is 19.4 Å². The van der Waals surface area contributed by atoms with Crippen LogP contribution in [0.2, 0.25) is 10.0 Å². The van der Waals surface area contributed by atoms with Gasteiger partial charge >= 0.3 is 5.97 Å². The van der Waals surface area contributed by atoms with Crippen molar-refractivity contribution in [2.75, 3.05) is 7.11 Å². The molecule has 0 aliphatic heterocycles. The summed E-state index contributed by atoms with van der Waals surface area (Å²) in [5, 5.41) is 12.9. The molecule has 2 N–H and O–H groups in total. The summed E-state index contributed by atoms with van der Waals surface area (Å²) in [6.45, 7) is 0. The molecule has 1 heterocycles. The van der Waals surface area contributed by atoms with Crippen LogP contribution < -0.4 is 10.1 Å². The van der Waals surface area contributed by atoms with E-state index in [1.807, 2.05) is 0 Å². The zero-order valence-corrected chi connectivity index (χ0v) is 17.4. The van der Waals surface area contributed by atoms with Crippen LogP contribution in [-0.4, -0.2) is 29.1 Å². The number of carboxylic acids is 1. The average molecular weight is 445 g/mol. The van der Waals surface area contributed by atoms with Crippen molar-refractivity contribution in [1.82, 2.24) is 10.3 Å². The van der Waals surface area contributed by atoms with Gasteiger partial charge in [-0.2, -0.15) is 0 Å². The lowest BCUT2D eigenvalue weighted by atomic mass is 10.0. The Morgan fingerprint density at radius 3 is 2.40 bits per heavy atom. The summed E-state index contributed by atoms with van der Waals surface area (Å²) in [5.41, 5.74) is 1.82. The molecular formula is C22H18Cl2N2O4. The Balaban J connectivity index is 1.93. The number of amides is 1. The van der Waals surface area contributed by atoms with Crippen molar-refractivity contribution in [1.29, 1.82) is 0 Å². The van der Waals surface area contributed by atoms with E-state index in [0.29, 0.717) is 27.1 Å². The van der Waals surface area contributed by atoms with E-state index in [9.17, 15) is 14.7 Å². The van der Waals surface area contributed by atoms with Gasteiger partial charge in [-0.25, -0.2) is 4.98 Å². The topological polar surface area (TPSA) is 88.5 Å². The first-order valence-electron chi connectivity index (χ1n) is 8.97. The van der Waals surface area contributed by atoms with E-state index in [1.54, 1.807) is 54.6 Å². The fourth-order valence-corrected chi connectivity index (χ4v) is 3.35. The molecule has 0 spiro atoms. The molecule has 1 unspecified atom stereocenters. The molecule has 0 fully saturated rings. The second kappa shape index (κ2) is 9.61. The molecule has 3 aromatic rings. The minimum absolute atomic E-state index is 0.114. The summed E-state index contributed by atoms with van der Waals surface area (Å²) in [7, 11) is 1.51. The van der Waals surface area contributed by atoms with Gasteiger partial charge in [-0.1, -0.05) is 53.5 Å². The van der Waals surface area contributed by atoms with Crippen molar-refractivity contribution in [2.24, 2.45) is 0 Å². The van der Waals surface area contributed by atoms with Crippen molar-refractivity contribution in [2.45, 2.75) is 12.5 Å². The van der Waals surface area contributed by atoms with E-state index < -0.39 is 17.9 Å². The molecule has 1 atom stereocenters. The summed E-state index contributed by atoms with van der Waals surface area (Å²) in [6, 6.07) is 16.1. The van der Waals surface area contributed by atoms with E-state index in [1.165, 1.54) is 13.2 Å². The Bertz CT molecular complexity index is 1070. The molecule has 0 bridgehead atoms. The summed E-state index contributed by atoms with van der Waals surface area (Å²) in [5.74, 6) is -1.11. The van der Waals surface area contributed by atoms with E-state index >= 15 is 0 Å². The van der Waals surface area contributed by atoms with Crippen LogP contribution in [-0.2, 0) is 4.79 Å². The summed E-state index contributed by atoms with van der Waals surface area (Å²) in [4.78, 5) is 28.6. The largest absolute Gasteiger partial charge is 0.494 e. The maximum atomic E-state index is 12.9. The number of rotatable bonds is 7. The Kier molecular flexibility index (Phi) is 6.92. The van der Waals surface area contributed by atoms with Gasteiger partial charge in [-0.15, -0.1) is 0 Å². The number of hydrogen-bond acceptors (Lipinski definition) is 4. The summed E-state index contributed by atoms with van der Waals surface area (Å²) >= 11 is 12.2. The molecule has 30 heavy (non-hydrogen) atoms. The van der Waals surface area contributed by atoms with Gasteiger partial charge in [0.25, 0.3) is 5.91 Å². The molecule has 6 nitrogen and oxygen atoms in total. The van der Waals surface area contributed by atoms with E-state index in [4.69, 9.17) is 27.9 Å². The van der Waals surface area contributed by atoms with Gasteiger partial charge < -0.3 is 15.2 Å². The molecular weight excluding hydrogens is 427 g/mol. The highest BCUT2D eigenvalue weighted by Crippen LogP contribution is 2.30. The SMILES string of the molecule is COc1ccc(C(=O)NC(CC(=O)O)c2ccccc2Cl)nc1-c1ccc(Cl)cc1. The highest BCUT2D eigenvalue weighted by molar-refractivity contribution is 6.31. The van der Waals surface area contributed by atoms with Crippen molar-refractivity contribution >= 4 is 35.1 Å². The fourth-order valence-electron chi connectivity index (χ4n) is 2.96. The number of halogens is 2. The normalized spacial score (nSPS) is 11.6. The number of ether oxygens (including phenoxy) is 1. The molecule has 2 aromatic carbocycles. The van der Waals surface area contributed by atoms with Crippen LogP contribution in [0, 0.1) is 0 Å². The number of methoxy groups -OCH3 is 1. The highest BCUT2D eigenvalue weighted by atomic mass is 35.5. The molecule has 0 radical (unpaired) electrons. The van der Waals surface area contributed by atoms with Gasteiger partial charge in [0.2, 0.25) is 0 Å². The van der Waals surface area contributed by atoms with Gasteiger partial charge in [0, 0.05) is 15.6 Å². The minimum Gasteiger partial charge on any atom is -0.494 e. The molecule has 1 amide bonds. The Labute approximate surface area is 183 Å². The van der Waals surface area contributed by atoms with Crippen LogP contribution in [0.25, 0.3) is 11.3 Å². The van der Waals surface area contributed by atoms with E-state index in [-0.39, 0.29) is 12.1 Å². The number of pyridine rings is 1. The molecule has 3 rings (SSSR count). The van der Waals surface area contributed by atoms with Crippen molar-refractivity contribution in [3.05, 3.63) is 82.0 Å². The Morgan fingerprint density at radius 1 is 1.07 bits per heavy atom. The lowest BCUT2D eigenvalue weighted by Gasteiger charge is -2.19. The molecule has 154 valence electrons. The standard InChI is InChI=1S/C22H18Cl2N2O4/c1-30-19-11-10-17(25-21(19)13-6-8-14(23)9-7-13)22(29)26-18(12-20(27)28)15-4-2-3-5-16(15)24/h2-11,18H,12H2,1H3,(H,26,29)(H,27,28). The quantitative estimate of drug-likeness (QED) is 0.534. The van der Waals surface area contributed by atoms with Crippen molar-refractivity contribution in [3.8, 4) is 17.0 Å². The van der Waals surface area contributed by atoms with E-state index in [2.05, 4.69) is 10.3 Å². The minimum atomic E-state index is -1.07. The number of aromatic nitrogens is 1. The molecule has 0 saturated heterocycles. The third-order valence-corrected chi connectivity index (χ3v) is 4.99. The number of carboxylic acid groups (broad SMARTS) is 1. The molecule has 0 aliphatic carbocycles. The Morgan fingerprint density at radius 2 is 1.77 bits per heavy atom. The number of carbonyl (C=O) groups is 2. The predicted octanol–water partition coefficient (Wildman–Crippen LogP) is 5.01. The van der Waals surface area contributed by atoms with Crippen LogP contribution in [0.1, 0.15) is 28.5 Å². The van der Waals surface area contributed by atoms with Crippen LogP contribution in [0.4, 0.5) is 0 Å². The number of benzene rings is 2. The molecule has 0 aliphatic rings. The van der Waals surface area contributed by atoms with Crippen LogP contribution >= 0.6 is 23.2 Å². The Hall–Kier alpha value is -3.09. The van der Waals surface area contributed by atoms with Gasteiger partial charge in [0.05, 0.1) is 19.6 Å². The van der Waals surface area contributed by atoms with Crippen molar-refractivity contribution in [3.63, 3.8) is 0 Å². The highest BCUT2D eigenvalue weighted by Gasteiger charge is 2.22. The first kappa shape index (κ1) is 21.6. The van der Waals surface area contributed by atoms with Gasteiger partial charge in [-0.3, -0.25) is 9.59 Å². The number of nitrogens with one attached hydrogen (secondary N) is 1. The van der Waals surface area contributed by atoms with Gasteiger partial charge in [0.15, 0.2) is 0 Å². The molecule has 1 aromatic heterocycles. The third-order valence-electron chi connectivity index (χ3n) is 4.39. The molecule has 0 saturated carbocycles. The fraction of sp³-hybridized carbons (Fsp3) is 0.136.